The summed E-state index contributed by atoms with van der Waals surface area (Å²) in [6, 6.07) is 0. The fourth-order valence-corrected chi connectivity index (χ4v) is 4.86. The second-order valence-corrected chi connectivity index (χ2v) is 11.3. The molecule has 0 spiro atoms. The second-order valence-electron chi connectivity index (χ2n) is 10.2. The molecule has 0 aliphatic carbocycles. The van der Waals surface area contributed by atoms with E-state index < -0.39 is 10.4 Å². The van der Waals surface area contributed by atoms with E-state index in [1.165, 1.54) is 128 Å². The van der Waals surface area contributed by atoms with Gasteiger partial charge in [0.1, 0.15) is 0 Å². The van der Waals surface area contributed by atoms with Crippen molar-refractivity contribution >= 4 is 10.4 Å². The van der Waals surface area contributed by atoms with E-state index >= 15 is 0 Å². The lowest BCUT2D eigenvalue weighted by molar-refractivity contribution is 0.234. The quantitative estimate of drug-likeness (QED) is 0.0689. The minimum Gasteiger partial charge on any atom is -0.264 e. The van der Waals surface area contributed by atoms with Gasteiger partial charge in [0, 0.05) is 5.92 Å². The fraction of sp³-hybridized carbons (Fsp3) is 0.931. The molecule has 0 fully saturated rings. The summed E-state index contributed by atoms with van der Waals surface area (Å²) >= 11 is 0. The summed E-state index contributed by atoms with van der Waals surface area (Å²) in [6.07, 6.45) is 34.0. The van der Waals surface area contributed by atoms with E-state index in [2.05, 4.69) is 30.2 Å². The number of hydrogen-bond donors (Lipinski definition) is 1. The highest BCUT2D eigenvalue weighted by molar-refractivity contribution is 7.80. The van der Waals surface area contributed by atoms with Crippen LogP contribution in [-0.4, -0.2) is 19.6 Å². The Morgan fingerprint density at radius 1 is 0.618 bits per heavy atom. The van der Waals surface area contributed by atoms with E-state index in [0.717, 1.165) is 19.3 Å². The van der Waals surface area contributed by atoms with Gasteiger partial charge in [-0.2, -0.15) is 8.42 Å². The van der Waals surface area contributed by atoms with Gasteiger partial charge in [-0.1, -0.05) is 154 Å². The van der Waals surface area contributed by atoms with E-state index in [-0.39, 0.29) is 12.5 Å². The summed E-state index contributed by atoms with van der Waals surface area (Å²) in [7, 11) is -4.36. The Balaban J connectivity index is 3.80. The Kier molecular flexibility index (Phi) is 25.4. The second kappa shape index (κ2) is 25.7. The average molecular weight is 503 g/mol. The lowest BCUT2D eigenvalue weighted by atomic mass is 9.99. The molecule has 1 N–H and O–H groups in total. The van der Waals surface area contributed by atoms with Crippen molar-refractivity contribution in [1.29, 1.82) is 0 Å². The van der Waals surface area contributed by atoms with Crippen LogP contribution in [0.25, 0.3) is 0 Å². The average Bonchev–Trinajstić information content (AvgIpc) is 2.80. The molecule has 0 aromatic heterocycles. The third-order valence-corrected chi connectivity index (χ3v) is 7.18. The van der Waals surface area contributed by atoms with Crippen molar-refractivity contribution in [2.45, 2.75) is 162 Å². The predicted molar refractivity (Wildman–Crippen MR) is 148 cm³/mol. The molecule has 0 radical (unpaired) electrons. The van der Waals surface area contributed by atoms with Gasteiger partial charge in [0.15, 0.2) is 0 Å². The van der Waals surface area contributed by atoms with Crippen molar-refractivity contribution in [1.82, 2.24) is 0 Å². The van der Waals surface area contributed by atoms with Crippen molar-refractivity contribution < 1.29 is 17.2 Å². The van der Waals surface area contributed by atoms with Crippen molar-refractivity contribution in [2.24, 2.45) is 5.92 Å². The monoisotopic (exact) mass is 502 g/mol. The zero-order valence-electron chi connectivity index (χ0n) is 22.8. The van der Waals surface area contributed by atoms with Gasteiger partial charge < -0.3 is 0 Å². The third-order valence-electron chi connectivity index (χ3n) is 6.74. The van der Waals surface area contributed by atoms with Crippen LogP contribution in [-0.2, 0) is 14.6 Å². The van der Waals surface area contributed by atoms with Gasteiger partial charge in [0.05, 0.1) is 6.61 Å². The number of rotatable bonds is 27. The zero-order chi connectivity index (χ0) is 25.2. The fourth-order valence-electron chi connectivity index (χ4n) is 4.52. The summed E-state index contributed by atoms with van der Waals surface area (Å²) in [5.74, 6) is 0.0591. The van der Waals surface area contributed by atoms with Crippen molar-refractivity contribution in [2.75, 3.05) is 6.61 Å². The van der Waals surface area contributed by atoms with Crippen molar-refractivity contribution in [3.8, 4) is 0 Å². The van der Waals surface area contributed by atoms with E-state index in [4.69, 9.17) is 4.55 Å². The van der Waals surface area contributed by atoms with Crippen LogP contribution in [0, 0.1) is 5.92 Å². The molecule has 0 amide bonds. The molecule has 5 heteroatoms. The van der Waals surface area contributed by atoms with Crippen LogP contribution in [0.1, 0.15) is 162 Å². The molecular formula is C29H58O4S. The van der Waals surface area contributed by atoms with Gasteiger partial charge >= 0.3 is 10.4 Å². The molecule has 0 saturated heterocycles. The highest BCUT2D eigenvalue weighted by Crippen LogP contribution is 2.17. The molecule has 4 nitrogen and oxygen atoms in total. The largest absolute Gasteiger partial charge is 0.397 e. The lowest BCUT2D eigenvalue weighted by Gasteiger charge is -2.12. The molecule has 0 aliphatic heterocycles. The first-order chi connectivity index (χ1) is 16.5. The van der Waals surface area contributed by atoms with Gasteiger partial charge in [-0.15, -0.1) is 0 Å². The van der Waals surface area contributed by atoms with Crippen LogP contribution in [0.5, 0.6) is 0 Å². The molecule has 34 heavy (non-hydrogen) atoms. The molecule has 0 aromatic rings. The van der Waals surface area contributed by atoms with Crippen molar-refractivity contribution in [3.63, 3.8) is 0 Å². The molecule has 1 atom stereocenters. The molecular weight excluding hydrogens is 444 g/mol. The number of hydrogen-bond acceptors (Lipinski definition) is 3. The first-order valence-corrected chi connectivity index (χ1v) is 16.1. The van der Waals surface area contributed by atoms with Gasteiger partial charge in [-0.3, -0.25) is 4.55 Å². The van der Waals surface area contributed by atoms with Crippen LogP contribution in [0.3, 0.4) is 0 Å². The maximum Gasteiger partial charge on any atom is 0.397 e. The first kappa shape index (κ1) is 33.6. The summed E-state index contributed by atoms with van der Waals surface area (Å²) in [5, 5.41) is 0. The summed E-state index contributed by atoms with van der Waals surface area (Å²) in [4.78, 5) is 0. The van der Waals surface area contributed by atoms with Crippen LogP contribution in [0.2, 0.25) is 0 Å². The minimum atomic E-state index is -4.36. The Hall–Kier alpha value is -0.390. The normalized spacial score (nSPS) is 13.1. The maximum absolute atomic E-state index is 11.0. The van der Waals surface area contributed by atoms with Gasteiger partial charge in [0.25, 0.3) is 0 Å². The van der Waals surface area contributed by atoms with Gasteiger partial charge in [0.2, 0.25) is 0 Å². The van der Waals surface area contributed by atoms with Crippen LogP contribution < -0.4 is 0 Å². The van der Waals surface area contributed by atoms with Crippen LogP contribution in [0.4, 0.5) is 0 Å². The Labute approximate surface area is 213 Å². The van der Waals surface area contributed by atoms with Gasteiger partial charge in [-0.05, 0) is 19.3 Å². The molecule has 0 bridgehead atoms. The highest BCUT2D eigenvalue weighted by atomic mass is 32.3. The Morgan fingerprint density at radius 2 is 1.00 bits per heavy atom. The van der Waals surface area contributed by atoms with E-state index in [1.807, 2.05) is 0 Å². The standard InChI is InChI=1S/C29H58O4S/c1-3-5-7-9-11-13-14-15-16-17-19-21-23-25-27-29(28-33-34(30,31)32)26-24-22-20-18-12-10-8-6-4-2/h24,26,29H,3-23,25,27-28H2,1-2H3,(H,30,31,32)/b26-24+. The predicted octanol–water partition coefficient (Wildman–Crippen LogP) is 9.99. The number of allylic oxidation sites excluding steroid dienone is 1. The zero-order valence-corrected chi connectivity index (χ0v) is 23.6. The topological polar surface area (TPSA) is 63.6 Å². The SMILES string of the molecule is CCCCCCCCC/C=C/C(CCCCCCCCCCCCCCCC)COS(=O)(=O)O. The smallest absolute Gasteiger partial charge is 0.264 e. The molecule has 0 aliphatic rings. The minimum absolute atomic E-state index is 0.0464. The summed E-state index contributed by atoms with van der Waals surface area (Å²) in [6.45, 7) is 4.56. The van der Waals surface area contributed by atoms with E-state index in [0.29, 0.717) is 0 Å². The van der Waals surface area contributed by atoms with Crippen LogP contribution >= 0.6 is 0 Å². The number of unbranched alkanes of at least 4 members (excludes halogenated alkanes) is 20. The Morgan fingerprint density at radius 3 is 1.41 bits per heavy atom. The van der Waals surface area contributed by atoms with E-state index in [9.17, 15) is 8.42 Å². The molecule has 0 heterocycles. The molecule has 0 rings (SSSR count). The van der Waals surface area contributed by atoms with E-state index in [1.54, 1.807) is 0 Å². The first-order valence-electron chi connectivity index (χ1n) is 14.8. The summed E-state index contributed by atoms with van der Waals surface area (Å²) < 4.78 is 35.5. The molecule has 0 aromatic carbocycles. The van der Waals surface area contributed by atoms with Gasteiger partial charge in [-0.25, -0.2) is 4.18 Å². The summed E-state index contributed by atoms with van der Waals surface area (Å²) in [5.41, 5.74) is 0. The lowest BCUT2D eigenvalue weighted by Crippen LogP contribution is -2.12. The van der Waals surface area contributed by atoms with Crippen molar-refractivity contribution in [3.05, 3.63) is 12.2 Å². The molecule has 1 unspecified atom stereocenters. The third kappa shape index (κ3) is 27.9. The highest BCUT2D eigenvalue weighted by Gasteiger charge is 2.11. The molecule has 0 saturated carbocycles. The van der Waals surface area contributed by atoms with Crippen LogP contribution in [0.15, 0.2) is 12.2 Å². The Bertz CT molecular complexity index is 530. The maximum atomic E-state index is 11.0. The molecule has 204 valence electrons.